The fourth-order valence-corrected chi connectivity index (χ4v) is 3.42. The summed E-state index contributed by atoms with van der Waals surface area (Å²) in [5.41, 5.74) is 2.09. The molecule has 0 unspecified atom stereocenters. The third-order valence-corrected chi connectivity index (χ3v) is 4.61. The maximum Gasteiger partial charge on any atom is 0.141 e. The van der Waals surface area contributed by atoms with Crippen LogP contribution in [0.3, 0.4) is 0 Å². The van der Waals surface area contributed by atoms with E-state index in [9.17, 15) is 4.39 Å². The first-order valence-electron chi connectivity index (χ1n) is 6.28. The Morgan fingerprint density at radius 1 is 1.47 bits per heavy atom. The molecule has 2 nitrogen and oxygen atoms in total. The van der Waals surface area contributed by atoms with Crippen molar-refractivity contribution in [1.29, 1.82) is 0 Å². The first-order chi connectivity index (χ1) is 9.19. The van der Waals surface area contributed by atoms with E-state index in [4.69, 9.17) is 16.6 Å². The molecule has 0 radical (unpaired) electrons. The molecule has 1 aliphatic carbocycles. The van der Waals surface area contributed by atoms with Crippen molar-refractivity contribution in [3.8, 4) is 10.6 Å². The van der Waals surface area contributed by atoms with Crippen molar-refractivity contribution in [2.75, 3.05) is 7.05 Å². The van der Waals surface area contributed by atoms with Crippen LogP contribution < -0.4 is 5.32 Å². The molecule has 100 valence electrons. The molecule has 0 aliphatic heterocycles. The van der Waals surface area contributed by atoms with Crippen LogP contribution in [0.1, 0.15) is 29.3 Å². The lowest BCUT2D eigenvalue weighted by Gasteiger charge is -1.98. The summed E-state index contributed by atoms with van der Waals surface area (Å²) in [6.45, 7) is 0.832. The Labute approximate surface area is 120 Å². The van der Waals surface area contributed by atoms with Crippen LogP contribution in [-0.2, 0) is 6.54 Å². The van der Waals surface area contributed by atoms with Gasteiger partial charge in [0, 0.05) is 22.9 Å². The Kier molecular flexibility index (Phi) is 3.56. The quantitative estimate of drug-likeness (QED) is 0.914. The molecule has 0 bridgehead atoms. The zero-order valence-corrected chi connectivity index (χ0v) is 12.1. The Morgan fingerprint density at radius 2 is 2.26 bits per heavy atom. The lowest BCUT2D eigenvalue weighted by molar-refractivity contribution is 0.628. The van der Waals surface area contributed by atoms with Gasteiger partial charge in [0.2, 0.25) is 0 Å². The number of benzene rings is 1. The summed E-state index contributed by atoms with van der Waals surface area (Å²) >= 11 is 7.50. The van der Waals surface area contributed by atoms with Gasteiger partial charge in [0.15, 0.2) is 0 Å². The minimum Gasteiger partial charge on any atom is -0.315 e. The fraction of sp³-hybridized carbons (Fsp3) is 0.357. The molecule has 1 aromatic carbocycles. The number of hydrogen-bond donors (Lipinski definition) is 1. The maximum atomic E-state index is 13.2. The highest BCUT2D eigenvalue weighted by Gasteiger charge is 2.29. The van der Waals surface area contributed by atoms with Gasteiger partial charge in [-0.25, -0.2) is 9.37 Å². The summed E-state index contributed by atoms with van der Waals surface area (Å²) in [7, 11) is 1.94. The largest absolute Gasteiger partial charge is 0.315 e. The number of rotatable bonds is 4. The number of hydrogen-bond acceptors (Lipinski definition) is 3. The predicted octanol–water partition coefficient (Wildman–Crippen LogP) is 4.20. The van der Waals surface area contributed by atoms with Gasteiger partial charge in [0.05, 0.1) is 10.7 Å². The highest BCUT2D eigenvalue weighted by Crippen LogP contribution is 2.44. The zero-order chi connectivity index (χ0) is 13.4. The predicted molar refractivity (Wildman–Crippen MR) is 77.3 cm³/mol. The molecule has 1 heterocycles. The SMILES string of the molecule is CNCc1sc(-c2ccc(F)c(Cl)c2)nc1C1CC1. The molecule has 1 aliphatic rings. The van der Waals surface area contributed by atoms with Gasteiger partial charge in [-0.2, -0.15) is 0 Å². The molecule has 0 atom stereocenters. The van der Waals surface area contributed by atoms with E-state index in [0.717, 1.165) is 17.1 Å². The Balaban J connectivity index is 1.99. The monoisotopic (exact) mass is 296 g/mol. The molecule has 5 heteroatoms. The second-order valence-electron chi connectivity index (χ2n) is 4.76. The molecule has 0 saturated heterocycles. The zero-order valence-electron chi connectivity index (χ0n) is 10.5. The molecule has 1 N–H and O–H groups in total. The van der Waals surface area contributed by atoms with Crippen LogP contribution in [0.5, 0.6) is 0 Å². The van der Waals surface area contributed by atoms with Crippen LogP contribution in [-0.4, -0.2) is 12.0 Å². The summed E-state index contributed by atoms with van der Waals surface area (Å²) < 4.78 is 13.2. The van der Waals surface area contributed by atoms with Crippen molar-refractivity contribution in [2.24, 2.45) is 0 Å². The second-order valence-corrected chi connectivity index (χ2v) is 6.25. The van der Waals surface area contributed by atoms with Gasteiger partial charge in [-0.05, 0) is 38.1 Å². The summed E-state index contributed by atoms with van der Waals surface area (Å²) in [5, 5.41) is 4.25. The van der Waals surface area contributed by atoms with Crippen molar-refractivity contribution >= 4 is 22.9 Å². The summed E-state index contributed by atoms with van der Waals surface area (Å²) in [6.07, 6.45) is 2.45. The topological polar surface area (TPSA) is 24.9 Å². The van der Waals surface area contributed by atoms with Gasteiger partial charge in [-0.15, -0.1) is 11.3 Å². The van der Waals surface area contributed by atoms with Crippen LogP contribution in [0, 0.1) is 5.82 Å². The summed E-state index contributed by atoms with van der Waals surface area (Å²) in [5.74, 6) is 0.226. The van der Waals surface area contributed by atoms with E-state index in [-0.39, 0.29) is 10.8 Å². The van der Waals surface area contributed by atoms with Gasteiger partial charge in [0.1, 0.15) is 10.8 Å². The maximum absolute atomic E-state index is 13.2. The average molecular weight is 297 g/mol. The van der Waals surface area contributed by atoms with Crippen LogP contribution >= 0.6 is 22.9 Å². The van der Waals surface area contributed by atoms with E-state index >= 15 is 0 Å². The summed E-state index contributed by atoms with van der Waals surface area (Å²) in [4.78, 5) is 6.01. The van der Waals surface area contributed by atoms with Crippen molar-refractivity contribution in [3.05, 3.63) is 39.6 Å². The molecule has 1 fully saturated rings. The van der Waals surface area contributed by atoms with Crippen LogP contribution in [0.4, 0.5) is 4.39 Å². The van der Waals surface area contributed by atoms with E-state index in [1.807, 2.05) is 7.05 Å². The molecular formula is C14H14ClFN2S. The smallest absolute Gasteiger partial charge is 0.141 e. The van der Waals surface area contributed by atoms with Gasteiger partial charge in [-0.1, -0.05) is 11.6 Å². The molecule has 3 rings (SSSR count). The van der Waals surface area contributed by atoms with Gasteiger partial charge >= 0.3 is 0 Å². The molecule has 1 aromatic heterocycles. The lowest BCUT2D eigenvalue weighted by atomic mass is 10.2. The normalized spacial score (nSPS) is 14.9. The Bertz CT molecular complexity index is 607. The van der Waals surface area contributed by atoms with E-state index in [1.54, 1.807) is 23.5 Å². The van der Waals surface area contributed by atoms with Gasteiger partial charge in [0.25, 0.3) is 0 Å². The Hall–Kier alpha value is -0.970. The first kappa shape index (κ1) is 13.0. The molecular weight excluding hydrogens is 283 g/mol. The highest BCUT2D eigenvalue weighted by atomic mass is 35.5. The minimum absolute atomic E-state index is 0.149. The fourth-order valence-electron chi connectivity index (χ4n) is 2.08. The molecule has 1 saturated carbocycles. The van der Waals surface area contributed by atoms with E-state index in [2.05, 4.69) is 5.32 Å². The van der Waals surface area contributed by atoms with Crippen LogP contribution in [0.15, 0.2) is 18.2 Å². The molecule has 0 spiro atoms. The van der Waals surface area contributed by atoms with Crippen LogP contribution in [0.25, 0.3) is 10.6 Å². The van der Waals surface area contributed by atoms with Crippen LogP contribution in [0.2, 0.25) is 5.02 Å². The van der Waals surface area contributed by atoms with Gasteiger partial charge < -0.3 is 5.32 Å². The summed E-state index contributed by atoms with van der Waals surface area (Å²) in [6, 6.07) is 4.78. The standard InChI is InChI=1S/C14H14ClFN2S/c1-17-7-12-13(8-2-3-8)18-14(19-12)9-4-5-11(16)10(15)6-9/h4-6,8,17H,2-3,7H2,1H3. The lowest BCUT2D eigenvalue weighted by Crippen LogP contribution is -2.05. The highest BCUT2D eigenvalue weighted by molar-refractivity contribution is 7.15. The minimum atomic E-state index is -0.389. The molecule has 19 heavy (non-hydrogen) atoms. The molecule has 0 amide bonds. The number of thiazole rings is 1. The number of aromatic nitrogens is 1. The number of nitrogens with zero attached hydrogens (tertiary/aromatic N) is 1. The Morgan fingerprint density at radius 3 is 2.89 bits per heavy atom. The number of nitrogens with one attached hydrogen (secondary N) is 1. The van der Waals surface area contributed by atoms with E-state index in [0.29, 0.717) is 5.92 Å². The van der Waals surface area contributed by atoms with Crippen molar-refractivity contribution in [3.63, 3.8) is 0 Å². The second kappa shape index (κ2) is 5.19. The average Bonchev–Trinajstić information content (AvgIpc) is 3.15. The van der Waals surface area contributed by atoms with E-state index < -0.39 is 0 Å². The van der Waals surface area contributed by atoms with E-state index in [1.165, 1.54) is 29.5 Å². The first-order valence-corrected chi connectivity index (χ1v) is 7.48. The van der Waals surface area contributed by atoms with Crippen molar-refractivity contribution in [1.82, 2.24) is 10.3 Å². The third-order valence-electron chi connectivity index (χ3n) is 3.20. The third kappa shape index (κ3) is 2.66. The van der Waals surface area contributed by atoms with Crippen molar-refractivity contribution < 1.29 is 4.39 Å². The number of halogens is 2. The molecule has 2 aromatic rings. The van der Waals surface area contributed by atoms with Gasteiger partial charge in [-0.3, -0.25) is 0 Å². The van der Waals surface area contributed by atoms with Crippen molar-refractivity contribution in [2.45, 2.75) is 25.3 Å².